The van der Waals surface area contributed by atoms with Crippen LogP contribution in [0.15, 0.2) is 34.5 Å². The van der Waals surface area contributed by atoms with Gasteiger partial charge in [0.05, 0.1) is 6.21 Å². The summed E-state index contributed by atoms with van der Waals surface area (Å²) in [7, 11) is 0. The van der Waals surface area contributed by atoms with E-state index >= 15 is 0 Å². The molecule has 0 saturated carbocycles. The minimum Gasteiger partial charge on any atom is -0.367 e. The molecule has 0 aliphatic carbocycles. The number of hydrogen-bond acceptors (Lipinski definition) is 3. The Bertz CT molecular complexity index is 364. The van der Waals surface area contributed by atoms with E-state index in [1.165, 1.54) is 0 Å². The molecule has 0 atom stereocenters. The standard InChI is InChI=1S/C8H9IN4O/c9-7-4-2-1-3-6(7)5-11-12-8(10)13-14/h1-5,14H,(H3,10,12,13)/b11-5+. The van der Waals surface area contributed by atoms with Gasteiger partial charge in [0.1, 0.15) is 0 Å². The summed E-state index contributed by atoms with van der Waals surface area (Å²) in [6.45, 7) is 0. The summed E-state index contributed by atoms with van der Waals surface area (Å²) < 4.78 is 1.07. The van der Waals surface area contributed by atoms with Crippen LogP contribution < -0.4 is 11.2 Å². The van der Waals surface area contributed by atoms with Gasteiger partial charge in [-0.05, 0) is 28.7 Å². The predicted octanol–water partition coefficient (Wildman–Crippen LogP) is 0.919. The van der Waals surface area contributed by atoms with Crippen LogP contribution in [0.2, 0.25) is 0 Å². The minimum absolute atomic E-state index is 0.146. The molecule has 74 valence electrons. The van der Waals surface area contributed by atoms with Crippen LogP contribution in [0.1, 0.15) is 5.56 Å². The number of nitrogens with two attached hydrogens (primary N) is 1. The summed E-state index contributed by atoms with van der Waals surface area (Å²) in [5.74, 6) is -0.146. The van der Waals surface area contributed by atoms with Crippen molar-refractivity contribution in [3.05, 3.63) is 33.4 Å². The molecule has 0 spiro atoms. The van der Waals surface area contributed by atoms with E-state index in [0.29, 0.717) is 0 Å². The number of rotatable bonds is 2. The maximum absolute atomic E-state index is 8.31. The fourth-order valence-electron chi connectivity index (χ4n) is 0.755. The number of hydrogen-bond donors (Lipinski definition) is 3. The van der Waals surface area contributed by atoms with Crippen molar-refractivity contribution in [2.75, 3.05) is 0 Å². The van der Waals surface area contributed by atoms with Crippen molar-refractivity contribution in [3.8, 4) is 0 Å². The van der Waals surface area contributed by atoms with Gasteiger partial charge in [-0.2, -0.15) is 5.10 Å². The third-order valence-electron chi connectivity index (χ3n) is 1.38. The van der Waals surface area contributed by atoms with Crippen molar-refractivity contribution in [1.82, 2.24) is 5.48 Å². The van der Waals surface area contributed by atoms with E-state index in [-0.39, 0.29) is 5.96 Å². The van der Waals surface area contributed by atoms with Gasteiger partial charge in [-0.1, -0.05) is 18.2 Å². The van der Waals surface area contributed by atoms with Crippen molar-refractivity contribution in [2.24, 2.45) is 15.9 Å². The summed E-state index contributed by atoms with van der Waals surface area (Å²) in [6.07, 6.45) is 1.56. The molecule has 4 N–H and O–H groups in total. The van der Waals surface area contributed by atoms with E-state index in [1.807, 2.05) is 24.3 Å². The molecule has 6 heteroatoms. The first-order chi connectivity index (χ1) is 6.74. The first-order valence-electron chi connectivity index (χ1n) is 3.75. The van der Waals surface area contributed by atoms with Crippen LogP contribution in [0, 0.1) is 3.57 Å². The van der Waals surface area contributed by atoms with Crippen LogP contribution in [0.25, 0.3) is 0 Å². The Hall–Kier alpha value is -1.15. The first kappa shape index (κ1) is 10.9. The zero-order chi connectivity index (χ0) is 10.4. The molecule has 1 aromatic rings. The van der Waals surface area contributed by atoms with Crippen LogP contribution in [-0.2, 0) is 0 Å². The molecule has 0 aliphatic rings. The Kier molecular flexibility index (Phi) is 4.33. The fraction of sp³-hybridized carbons (Fsp3) is 0. The van der Waals surface area contributed by atoms with Gasteiger partial charge >= 0.3 is 0 Å². The second-order valence-electron chi connectivity index (χ2n) is 2.36. The Labute approximate surface area is 94.8 Å². The summed E-state index contributed by atoms with van der Waals surface area (Å²) in [6, 6.07) is 7.70. The summed E-state index contributed by atoms with van der Waals surface area (Å²) in [5.41, 5.74) is 7.77. The third-order valence-corrected chi connectivity index (χ3v) is 2.36. The van der Waals surface area contributed by atoms with E-state index < -0.39 is 0 Å². The molecule has 0 radical (unpaired) electrons. The monoisotopic (exact) mass is 304 g/mol. The average molecular weight is 304 g/mol. The number of hydroxylamine groups is 1. The van der Waals surface area contributed by atoms with Gasteiger partial charge in [-0.15, -0.1) is 5.10 Å². The molecule has 0 amide bonds. The summed E-state index contributed by atoms with van der Waals surface area (Å²) >= 11 is 2.19. The van der Waals surface area contributed by atoms with Gasteiger partial charge in [-0.3, -0.25) is 5.21 Å². The molecule has 1 rings (SSSR count). The lowest BCUT2D eigenvalue weighted by atomic mass is 10.2. The lowest BCUT2D eigenvalue weighted by Gasteiger charge is -1.95. The highest BCUT2D eigenvalue weighted by atomic mass is 127. The van der Waals surface area contributed by atoms with E-state index in [4.69, 9.17) is 10.9 Å². The highest BCUT2D eigenvalue weighted by Crippen LogP contribution is 2.08. The molecule has 0 bridgehead atoms. The Morgan fingerprint density at radius 2 is 2.21 bits per heavy atom. The number of halogens is 1. The van der Waals surface area contributed by atoms with E-state index in [0.717, 1.165) is 9.13 Å². The number of nitrogens with zero attached hydrogens (tertiary/aromatic N) is 2. The number of guanidine groups is 1. The second kappa shape index (κ2) is 5.55. The van der Waals surface area contributed by atoms with Crippen LogP contribution in [0.5, 0.6) is 0 Å². The van der Waals surface area contributed by atoms with Gasteiger partial charge in [0.15, 0.2) is 0 Å². The van der Waals surface area contributed by atoms with Crippen molar-refractivity contribution in [1.29, 1.82) is 0 Å². The average Bonchev–Trinajstić information content (AvgIpc) is 2.20. The van der Waals surface area contributed by atoms with Crippen LogP contribution in [0.3, 0.4) is 0 Å². The molecule has 0 aliphatic heterocycles. The van der Waals surface area contributed by atoms with Gasteiger partial charge in [0, 0.05) is 9.13 Å². The van der Waals surface area contributed by atoms with Gasteiger partial charge in [0.2, 0.25) is 5.96 Å². The van der Waals surface area contributed by atoms with Crippen LogP contribution in [0.4, 0.5) is 0 Å². The van der Waals surface area contributed by atoms with Gasteiger partial charge in [-0.25, -0.2) is 5.48 Å². The highest BCUT2D eigenvalue weighted by molar-refractivity contribution is 14.1. The second-order valence-corrected chi connectivity index (χ2v) is 3.53. The normalized spacial score (nSPS) is 12.0. The molecule has 5 nitrogen and oxygen atoms in total. The van der Waals surface area contributed by atoms with Crippen molar-refractivity contribution in [2.45, 2.75) is 0 Å². The summed E-state index contributed by atoms with van der Waals surface area (Å²) in [5, 5.41) is 15.5. The van der Waals surface area contributed by atoms with Crippen LogP contribution >= 0.6 is 22.6 Å². The van der Waals surface area contributed by atoms with Gasteiger partial charge < -0.3 is 5.73 Å². The molecule has 0 saturated heterocycles. The third kappa shape index (κ3) is 3.30. The van der Waals surface area contributed by atoms with E-state index in [2.05, 4.69) is 32.8 Å². The quantitative estimate of drug-likeness (QED) is 0.329. The Balaban J connectivity index is 2.74. The number of benzene rings is 1. The molecule has 0 fully saturated rings. The molecular formula is C8H9IN4O. The first-order valence-corrected chi connectivity index (χ1v) is 4.83. The minimum atomic E-state index is -0.146. The lowest BCUT2D eigenvalue weighted by molar-refractivity contribution is 0.232. The largest absolute Gasteiger partial charge is 0.367 e. The van der Waals surface area contributed by atoms with E-state index in [9.17, 15) is 0 Å². The Morgan fingerprint density at radius 1 is 1.50 bits per heavy atom. The Morgan fingerprint density at radius 3 is 2.86 bits per heavy atom. The molecule has 0 aromatic heterocycles. The SMILES string of the molecule is N/C(=N\N=C\c1ccccc1I)NO. The maximum Gasteiger partial charge on any atom is 0.237 e. The molecule has 1 aromatic carbocycles. The van der Waals surface area contributed by atoms with Crippen LogP contribution in [-0.4, -0.2) is 17.4 Å². The zero-order valence-electron chi connectivity index (χ0n) is 7.18. The molecule has 0 heterocycles. The fourth-order valence-corrected chi connectivity index (χ4v) is 1.28. The van der Waals surface area contributed by atoms with Crippen molar-refractivity contribution < 1.29 is 5.21 Å². The number of nitrogens with one attached hydrogen (secondary N) is 1. The van der Waals surface area contributed by atoms with Crippen molar-refractivity contribution >= 4 is 34.8 Å². The molecule has 0 unspecified atom stereocenters. The van der Waals surface area contributed by atoms with E-state index in [1.54, 1.807) is 11.7 Å². The smallest absolute Gasteiger partial charge is 0.237 e. The lowest BCUT2D eigenvalue weighted by Crippen LogP contribution is -2.27. The molecular weight excluding hydrogens is 295 g/mol. The van der Waals surface area contributed by atoms with Gasteiger partial charge in [0.25, 0.3) is 0 Å². The topological polar surface area (TPSA) is 83.0 Å². The summed E-state index contributed by atoms with van der Waals surface area (Å²) in [4.78, 5) is 0. The molecule has 14 heavy (non-hydrogen) atoms. The highest BCUT2D eigenvalue weighted by Gasteiger charge is 1.92. The predicted molar refractivity (Wildman–Crippen MR) is 63.3 cm³/mol. The van der Waals surface area contributed by atoms with Crippen molar-refractivity contribution in [3.63, 3.8) is 0 Å². The maximum atomic E-state index is 8.31. The zero-order valence-corrected chi connectivity index (χ0v) is 9.34.